The van der Waals surface area contributed by atoms with Crippen molar-refractivity contribution >= 4 is 0 Å². The summed E-state index contributed by atoms with van der Waals surface area (Å²) in [6.07, 6.45) is 1.21. The first kappa shape index (κ1) is 13.2. The van der Waals surface area contributed by atoms with Crippen molar-refractivity contribution in [2.45, 2.75) is 32.9 Å². The molecule has 0 saturated heterocycles. The minimum absolute atomic E-state index is 0.551. The Bertz CT molecular complexity index is 271. The first-order valence-electron chi connectivity index (χ1n) is 6.19. The molecule has 0 fully saturated rings. The van der Waals surface area contributed by atoms with Gasteiger partial charge in [-0.2, -0.15) is 0 Å². The Kier molecular flexibility index (Phi) is 6.12. The summed E-state index contributed by atoms with van der Waals surface area (Å²) in [5.41, 5.74) is 1.40. The maximum Gasteiger partial charge on any atom is 0.0234 e. The average molecular weight is 220 g/mol. The lowest BCUT2D eigenvalue weighted by Crippen LogP contribution is -2.37. The Morgan fingerprint density at radius 1 is 1.25 bits per heavy atom. The van der Waals surface area contributed by atoms with Crippen molar-refractivity contribution in [3.8, 4) is 0 Å². The third-order valence-corrected chi connectivity index (χ3v) is 2.81. The normalized spacial score (nSPS) is 13.0. The molecule has 0 radical (unpaired) electrons. The highest BCUT2D eigenvalue weighted by atomic mass is 15.1. The van der Waals surface area contributed by atoms with Crippen molar-refractivity contribution in [3.63, 3.8) is 0 Å². The monoisotopic (exact) mass is 220 g/mol. The fourth-order valence-electron chi connectivity index (χ4n) is 1.87. The highest BCUT2D eigenvalue weighted by Crippen LogP contribution is 2.05. The fourth-order valence-corrected chi connectivity index (χ4v) is 1.87. The van der Waals surface area contributed by atoms with Gasteiger partial charge < -0.3 is 5.32 Å². The van der Waals surface area contributed by atoms with E-state index in [1.807, 2.05) is 7.05 Å². The van der Waals surface area contributed by atoms with Gasteiger partial charge in [-0.05, 0) is 32.5 Å². The lowest BCUT2D eigenvalue weighted by atomic mass is 10.2. The van der Waals surface area contributed by atoms with Gasteiger partial charge in [0.1, 0.15) is 0 Å². The van der Waals surface area contributed by atoms with E-state index < -0.39 is 0 Å². The summed E-state index contributed by atoms with van der Waals surface area (Å²) in [5, 5.41) is 3.30. The van der Waals surface area contributed by atoms with Crippen molar-refractivity contribution in [3.05, 3.63) is 35.9 Å². The molecule has 16 heavy (non-hydrogen) atoms. The molecule has 0 heterocycles. The molecule has 1 unspecified atom stereocenters. The quantitative estimate of drug-likeness (QED) is 0.759. The van der Waals surface area contributed by atoms with E-state index in [0.717, 1.165) is 13.1 Å². The number of hydrogen-bond acceptors (Lipinski definition) is 2. The Labute approximate surface area is 99.7 Å². The average Bonchev–Trinajstić information content (AvgIpc) is 2.30. The molecule has 1 atom stereocenters. The summed E-state index contributed by atoms with van der Waals surface area (Å²) < 4.78 is 0. The van der Waals surface area contributed by atoms with Crippen molar-refractivity contribution in [2.24, 2.45) is 0 Å². The number of hydrogen-bond donors (Lipinski definition) is 1. The lowest BCUT2D eigenvalue weighted by Gasteiger charge is -2.25. The van der Waals surface area contributed by atoms with Crippen LogP contribution < -0.4 is 5.32 Å². The number of nitrogens with zero attached hydrogens (tertiary/aromatic N) is 1. The van der Waals surface area contributed by atoms with E-state index in [1.54, 1.807) is 0 Å². The Morgan fingerprint density at radius 2 is 1.94 bits per heavy atom. The molecule has 2 heteroatoms. The first-order valence-corrected chi connectivity index (χ1v) is 6.19. The SMILES string of the molecule is CCCN(Cc1ccccc1)CC(C)NC. The molecule has 0 aliphatic carbocycles. The van der Waals surface area contributed by atoms with Crippen LogP contribution in [0.1, 0.15) is 25.8 Å². The van der Waals surface area contributed by atoms with E-state index in [4.69, 9.17) is 0 Å². The Hall–Kier alpha value is -0.860. The molecule has 0 aliphatic heterocycles. The molecule has 1 rings (SSSR count). The van der Waals surface area contributed by atoms with Gasteiger partial charge in [-0.3, -0.25) is 4.90 Å². The zero-order valence-electron chi connectivity index (χ0n) is 10.7. The molecule has 0 bridgehead atoms. The van der Waals surface area contributed by atoms with Crippen molar-refractivity contribution in [2.75, 3.05) is 20.1 Å². The van der Waals surface area contributed by atoms with Gasteiger partial charge in [-0.25, -0.2) is 0 Å². The molecule has 0 aromatic heterocycles. The molecule has 1 aromatic rings. The summed E-state index contributed by atoms with van der Waals surface area (Å²) in [6.45, 7) is 7.80. The molecule has 0 amide bonds. The third kappa shape index (κ3) is 4.77. The molecule has 0 aliphatic rings. The van der Waals surface area contributed by atoms with E-state index >= 15 is 0 Å². The van der Waals surface area contributed by atoms with Crippen LogP contribution in [0.4, 0.5) is 0 Å². The Balaban J connectivity index is 2.50. The highest BCUT2D eigenvalue weighted by molar-refractivity contribution is 5.14. The van der Waals surface area contributed by atoms with E-state index in [9.17, 15) is 0 Å². The maximum absolute atomic E-state index is 3.30. The molecular weight excluding hydrogens is 196 g/mol. The topological polar surface area (TPSA) is 15.3 Å². The van der Waals surface area contributed by atoms with Crippen LogP contribution >= 0.6 is 0 Å². The van der Waals surface area contributed by atoms with Gasteiger partial charge in [0.2, 0.25) is 0 Å². The molecule has 1 N–H and O–H groups in total. The lowest BCUT2D eigenvalue weighted by molar-refractivity contribution is 0.243. The van der Waals surface area contributed by atoms with Crippen LogP contribution in [-0.4, -0.2) is 31.1 Å². The van der Waals surface area contributed by atoms with Crippen LogP contribution in [0.25, 0.3) is 0 Å². The fraction of sp³-hybridized carbons (Fsp3) is 0.571. The summed E-state index contributed by atoms with van der Waals surface area (Å²) in [4.78, 5) is 2.51. The van der Waals surface area contributed by atoms with Crippen LogP contribution in [-0.2, 0) is 6.54 Å². The van der Waals surface area contributed by atoms with Gasteiger partial charge in [0.25, 0.3) is 0 Å². The molecule has 1 aromatic carbocycles. The van der Waals surface area contributed by atoms with Crippen molar-refractivity contribution in [1.82, 2.24) is 10.2 Å². The smallest absolute Gasteiger partial charge is 0.0234 e. The van der Waals surface area contributed by atoms with Crippen LogP contribution in [0.2, 0.25) is 0 Å². The zero-order valence-corrected chi connectivity index (χ0v) is 10.7. The van der Waals surface area contributed by atoms with Crippen LogP contribution in [0.15, 0.2) is 30.3 Å². The number of benzene rings is 1. The molecule has 2 nitrogen and oxygen atoms in total. The minimum Gasteiger partial charge on any atom is -0.316 e. The third-order valence-electron chi connectivity index (χ3n) is 2.81. The molecule has 90 valence electrons. The summed E-state index contributed by atoms with van der Waals surface area (Å²) >= 11 is 0. The summed E-state index contributed by atoms with van der Waals surface area (Å²) in [5.74, 6) is 0. The van der Waals surface area contributed by atoms with Crippen molar-refractivity contribution in [1.29, 1.82) is 0 Å². The van der Waals surface area contributed by atoms with Crippen molar-refractivity contribution < 1.29 is 0 Å². The van der Waals surface area contributed by atoms with Gasteiger partial charge >= 0.3 is 0 Å². The van der Waals surface area contributed by atoms with Gasteiger partial charge in [0.05, 0.1) is 0 Å². The van der Waals surface area contributed by atoms with E-state index in [0.29, 0.717) is 6.04 Å². The van der Waals surface area contributed by atoms with Gasteiger partial charge in [-0.1, -0.05) is 37.3 Å². The van der Waals surface area contributed by atoms with Crippen LogP contribution in [0.5, 0.6) is 0 Å². The predicted octanol–water partition coefficient (Wildman–Crippen LogP) is 2.51. The largest absolute Gasteiger partial charge is 0.316 e. The van der Waals surface area contributed by atoms with Crippen LogP contribution in [0, 0.1) is 0 Å². The van der Waals surface area contributed by atoms with E-state index in [2.05, 4.69) is 54.4 Å². The van der Waals surface area contributed by atoms with E-state index in [-0.39, 0.29) is 0 Å². The molecular formula is C14H24N2. The standard InChI is InChI=1S/C14H24N2/c1-4-10-16(11-13(2)15-3)12-14-8-6-5-7-9-14/h5-9,13,15H,4,10-12H2,1-3H3. The first-order chi connectivity index (χ1) is 7.76. The van der Waals surface area contributed by atoms with Crippen LogP contribution in [0.3, 0.4) is 0 Å². The number of rotatable bonds is 7. The number of nitrogens with one attached hydrogen (secondary N) is 1. The maximum atomic E-state index is 3.30. The zero-order chi connectivity index (χ0) is 11.8. The second-order valence-electron chi connectivity index (χ2n) is 4.41. The second kappa shape index (κ2) is 7.42. The van der Waals surface area contributed by atoms with Gasteiger partial charge in [0, 0.05) is 19.1 Å². The summed E-state index contributed by atoms with van der Waals surface area (Å²) in [7, 11) is 2.03. The minimum atomic E-state index is 0.551. The molecule has 0 spiro atoms. The van der Waals surface area contributed by atoms with Gasteiger partial charge in [0.15, 0.2) is 0 Å². The Morgan fingerprint density at radius 3 is 2.50 bits per heavy atom. The molecule has 0 saturated carbocycles. The van der Waals surface area contributed by atoms with Gasteiger partial charge in [-0.15, -0.1) is 0 Å². The van der Waals surface area contributed by atoms with E-state index in [1.165, 1.54) is 18.5 Å². The summed E-state index contributed by atoms with van der Waals surface area (Å²) in [6, 6.07) is 11.3. The number of likely N-dealkylation sites (N-methyl/N-ethyl adjacent to an activating group) is 1. The highest BCUT2D eigenvalue weighted by Gasteiger charge is 2.08. The second-order valence-corrected chi connectivity index (χ2v) is 4.41. The predicted molar refractivity (Wildman–Crippen MR) is 70.5 cm³/mol.